The molecule has 1 aromatic heterocycles. The Hall–Kier alpha value is -2.61. The third-order valence-electron chi connectivity index (χ3n) is 3.23. The number of benzene rings is 1. The average Bonchev–Trinajstić information content (AvgIpc) is 2.65. The number of nitriles is 1. The van der Waals surface area contributed by atoms with Gasteiger partial charge in [-0.05, 0) is 13.0 Å². The van der Waals surface area contributed by atoms with E-state index < -0.39 is 0 Å². The van der Waals surface area contributed by atoms with Gasteiger partial charge in [0.15, 0.2) is 5.82 Å². The van der Waals surface area contributed by atoms with Crippen molar-refractivity contribution in [3.63, 3.8) is 0 Å². The molecule has 0 saturated carbocycles. The van der Waals surface area contributed by atoms with Crippen molar-refractivity contribution < 1.29 is 4.74 Å². The normalized spacial score (nSPS) is 17.6. The third kappa shape index (κ3) is 2.41. The van der Waals surface area contributed by atoms with Crippen LogP contribution in [0.3, 0.4) is 0 Å². The van der Waals surface area contributed by atoms with Gasteiger partial charge in [0.05, 0.1) is 18.3 Å². The first-order valence-electron chi connectivity index (χ1n) is 6.48. The molecule has 1 aliphatic heterocycles. The van der Waals surface area contributed by atoms with Crippen molar-refractivity contribution in [2.75, 3.05) is 11.4 Å². The van der Waals surface area contributed by atoms with Gasteiger partial charge in [-0.3, -0.25) is 0 Å². The van der Waals surface area contributed by atoms with Gasteiger partial charge in [0.25, 0.3) is 0 Å². The third-order valence-corrected chi connectivity index (χ3v) is 3.23. The highest BCUT2D eigenvalue weighted by Crippen LogP contribution is 2.27. The molecule has 3 rings (SSSR count). The Labute approximate surface area is 117 Å². The van der Waals surface area contributed by atoms with Gasteiger partial charge >= 0.3 is 0 Å². The lowest BCUT2D eigenvalue weighted by molar-refractivity contribution is 0.232. The largest absolute Gasteiger partial charge is 0.489 e. The first kappa shape index (κ1) is 12.4. The van der Waals surface area contributed by atoms with E-state index in [4.69, 9.17) is 10.00 Å². The molecule has 0 saturated heterocycles. The number of nitrogens with zero attached hydrogens (tertiary/aromatic N) is 4. The highest BCUT2D eigenvalue weighted by Gasteiger charge is 2.21. The zero-order valence-corrected chi connectivity index (χ0v) is 11.2. The van der Waals surface area contributed by atoms with Gasteiger partial charge in [-0.25, -0.2) is 0 Å². The summed E-state index contributed by atoms with van der Waals surface area (Å²) in [5.74, 6) is 1.61. The fraction of sp³-hybridized carbons (Fsp3) is 0.267. The molecule has 2 heterocycles. The van der Waals surface area contributed by atoms with Crippen LogP contribution in [0.5, 0.6) is 5.75 Å². The number of hydrogen-bond donors (Lipinski definition) is 0. The molecular weight excluding hydrogens is 252 g/mol. The van der Waals surface area contributed by atoms with Crippen LogP contribution in [0, 0.1) is 11.3 Å². The summed E-state index contributed by atoms with van der Waals surface area (Å²) in [6.45, 7) is 3.43. The van der Waals surface area contributed by atoms with Crippen LogP contribution in [0.2, 0.25) is 0 Å². The maximum atomic E-state index is 8.96. The van der Waals surface area contributed by atoms with Gasteiger partial charge in [-0.1, -0.05) is 18.2 Å². The van der Waals surface area contributed by atoms with Crippen LogP contribution in [0.4, 0.5) is 5.82 Å². The van der Waals surface area contributed by atoms with E-state index in [0.717, 1.165) is 11.3 Å². The zero-order valence-electron chi connectivity index (χ0n) is 11.2. The molecule has 0 spiro atoms. The summed E-state index contributed by atoms with van der Waals surface area (Å²) in [7, 11) is 0. The topological polar surface area (TPSA) is 62.0 Å². The first-order valence-corrected chi connectivity index (χ1v) is 6.48. The predicted octanol–water partition coefficient (Wildman–Crippen LogP) is 2.14. The number of para-hydroxylation sites is 1. The molecule has 20 heavy (non-hydrogen) atoms. The fourth-order valence-corrected chi connectivity index (χ4v) is 2.33. The Morgan fingerprint density at radius 2 is 2.25 bits per heavy atom. The van der Waals surface area contributed by atoms with Crippen molar-refractivity contribution in [2.45, 2.75) is 19.6 Å². The summed E-state index contributed by atoms with van der Waals surface area (Å²) in [4.78, 5) is 2.09. The second-order valence-electron chi connectivity index (χ2n) is 4.83. The van der Waals surface area contributed by atoms with Crippen LogP contribution in [-0.4, -0.2) is 22.8 Å². The Bertz CT molecular complexity index is 665. The molecule has 0 fully saturated rings. The van der Waals surface area contributed by atoms with Crippen LogP contribution in [0.25, 0.3) is 0 Å². The van der Waals surface area contributed by atoms with E-state index in [-0.39, 0.29) is 6.10 Å². The minimum atomic E-state index is 0.0474. The summed E-state index contributed by atoms with van der Waals surface area (Å²) in [6.07, 6.45) is 1.51. The van der Waals surface area contributed by atoms with Crippen molar-refractivity contribution in [1.29, 1.82) is 5.26 Å². The van der Waals surface area contributed by atoms with E-state index in [9.17, 15) is 0 Å². The smallest absolute Gasteiger partial charge is 0.152 e. The standard InChI is InChI=1S/C15H14N4O/c1-11-9-19(15-6-12(7-16)8-17-18-15)10-13-4-2-3-5-14(13)20-11/h2-6,8,11H,9-10H2,1H3. The molecule has 0 radical (unpaired) electrons. The van der Waals surface area contributed by atoms with Crippen molar-refractivity contribution >= 4 is 5.82 Å². The molecule has 5 heteroatoms. The van der Waals surface area contributed by atoms with E-state index in [2.05, 4.69) is 21.2 Å². The lowest BCUT2D eigenvalue weighted by Gasteiger charge is -2.22. The molecular formula is C15H14N4O. The predicted molar refractivity (Wildman–Crippen MR) is 74.3 cm³/mol. The number of aromatic nitrogens is 2. The van der Waals surface area contributed by atoms with E-state index in [1.165, 1.54) is 6.20 Å². The van der Waals surface area contributed by atoms with Crippen molar-refractivity contribution in [3.8, 4) is 11.8 Å². The second-order valence-corrected chi connectivity index (χ2v) is 4.83. The van der Waals surface area contributed by atoms with Crippen LogP contribution in [-0.2, 0) is 6.54 Å². The Balaban J connectivity index is 1.96. The van der Waals surface area contributed by atoms with Gasteiger partial charge in [-0.2, -0.15) is 10.4 Å². The van der Waals surface area contributed by atoms with Crippen LogP contribution in [0.1, 0.15) is 18.1 Å². The Morgan fingerprint density at radius 3 is 3.10 bits per heavy atom. The Kier molecular flexibility index (Phi) is 3.21. The molecule has 5 nitrogen and oxygen atoms in total. The van der Waals surface area contributed by atoms with E-state index in [1.54, 1.807) is 6.07 Å². The molecule has 0 N–H and O–H groups in total. The van der Waals surface area contributed by atoms with E-state index in [1.807, 2.05) is 31.2 Å². The average molecular weight is 266 g/mol. The summed E-state index contributed by atoms with van der Waals surface area (Å²) in [5.41, 5.74) is 1.63. The zero-order chi connectivity index (χ0) is 13.9. The SMILES string of the molecule is CC1CN(c2cc(C#N)cnn2)Cc2ccccc2O1. The summed E-state index contributed by atoms with van der Waals surface area (Å²) < 4.78 is 5.91. The Morgan fingerprint density at radius 1 is 1.40 bits per heavy atom. The highest BCUT2D eigenvalue weighted by molar-refractivity contribution is 5.46. The number of rotatable bonds is 1. The molecule has 1 aromatic carbocycles. The fourth-order valence-electron chi connectivity index (χ4n) is 2.33. The molecule has 100 valence electrons. The number of anilines is 1. The van der Waals surface area contributed by atoms with Gasteiger partial charge in [0, 0.05) is 18.2 Å². The molecule has 1 unspecified atom stereocenters. The van der Waals surface area contributed by atoms with Crippen molar-refractivity contribution in [3.05, 3.63) is 47.7 Å². The first-order chi connectivity index (χ1) is 9.76. The summed E-state index contributed by atoms with van der Waals surface area (Å²) >= 11 is 0. The van der Waals surface area contributed by atoms with Gasteiger partial charge < -0.3 is 9.64 Å². The van der Waals surface area contributed by atoms with Crippen molar-refractivity contribution in [2.24, 2.45) is 0 Å². The monoisotopic (exact) mass is 266 g/mol. The van der Waals surface area contributed by atoms with Crippen LogP contribution >= 0.6 is 0 Å². The van der Waals surface area contributed by atoms with Crippen LogP contribution in [0.15, 0.2) is 36.5 Å². The highest BCUT2D eigenvalue weighted by atomic mass is 16.5. The molecule has 0 amide bonds. The molecule has 1 atom stereocenters. The molecule has 0 aliphatic carbocycles. The second kappa shape index (κ2) is 5.17. The lowest BCUT2D eigenvalue weighted by Crippen LogP contribution is -2.31. The molecule has 1 aliphatic rings. The number of fused-ring (bicyclic) bond motifs is 1. The van der Waals surface area contributed by atoms with E-state index >= 15 is 0 Å². The quantitative estimate of drug-likeness (QED) is 0.791. The van der Waals surface area contributed by atoms with Gasteiger partial charge in [-0.15, -0.1) is 5.10 Å². The summed E-state index contributed by atoms with van der Waals surface area (Å²) in [5, 5.41) is 17.0. The van der Waals surface area contributed by atoms with Crippen LogP contribution < -0.4 is 9.64 Å². The maximum absolute atomic E-state index is 8.96. The minimum Gasteiger partial charge on any atom is -0.489 e. The van der Waals surface area contributed by atoms with Gasteiger partial charge in [0.2, 0.25) is 0 Å². The maximum Gasteiger partial charge on any atom is 0.152 e. The number of hydrogen-bond acceptors (Lipinski definition) is 5. The molecule has 0 bridgehead atoms. The lowest BCUT2D eigenvalue weighted by atomic mass is 10.2. The molecule has 2 aromatic rings. The van der Waals surface area contributed by atoms with Crippen molar-refractivity contribution in [1.82, 2.24) is 10.2 Å². The van der Waals surface area contributed by atoms with E-state index in [0.29, 0.717) is 24.5 Å². The number of ether oxygens (including phenoxy) is 1. The minimum absolute atomic E-state index is 0.0474. The van der Waals surface area contributed by atoms with Gasteiger partial charge in [0.1, 0.15) is 17.9 Å². The summed E-state index contributed by atoms with van der Waals surface area (Å²) in [6, 6.07) is 11.8.